The molecule has 0 bridgehead atoms. The first-order valence-electron chi connectivity index (χ1n) is 5.36. The highest BCUT2D eigenvalue weighted by Gasteiger charge is 2.18. The van der Waals surface area contributed by atoms with Crippen LogP contribution in [-0.2, 0) is 0 Å². The predicted octanol–water partition coefficient (Wildman–Crippen LogP) is 2.47. The monoisotopic (exact) mass is 257 g/mol. The molecule has 17 heavy (non-hydrogen) atoms. The summed E-state index contributed by atoms with van der Waals surface area (Å²) < 4.78 is 0. The van der Waals surface area contributed by atoms with Crippen LogP contribution in [0.4, 0.5) is 5.69 Å². The molecular weight excluding hydrogens is 242 g/mol. The van der Waals surface area contributed by atoms with Crippen molar-refractivity contribution in [3.63, 3.8) is 0 Å². The van der Waals surface area contributed by atoms with E-state index in [1.807, 2.05) is 13.8 Å². The number of aliphatic hydroxyl groups is 1. The Bertz CT molecular complexity index is 407. The van der Waals surface area contributed by atoms with Crippen molar-refractivity contribution in [1.29, 1.82) is 0 Å². The molecule has 0 aromatic heterocycles. The van der Waals surface area contributed by atoms with Crippen molar-refractivity contribution >= 4 is 23.3 Å². The van der Waals surface area contributed by atoms with E-state index in [2.05, 4.69) is 5.32 Å². The molecule has 0 aliphatic carbocycles. The number of anilines is 1. The second-order valence-corrected chi connectivity index (χ2v) is 4.55. The molecule has 0 aliphatic rings. The van der Waals surface area contributed by atoms with Gasteiger partial charge in [-0.3, -0.25) is 0 Å². The lowest BCUT2D eigenvalue weighted by atomic mass is 10.0. The van der Waals surface area contributed by atoms with Crippen LogP contribution in [0.3, 0.4) is 0 Å². The van der Waals surface area contributed by atoms with Crippen LogP contribution in [0, 0.1) is 5.92 Å². The highest BCUT2D eigenvalue weighted by molar-refractivity contribution is 6.34. The molecule has 3 N–H and O–H groups in total. The zero-order valence-corrected chi connectivity index (χ0v) is 10.5. The Morgan fingerprint density at radius 1 is 1.47 bits per heavy atom. The smallest absolute Gasteiger partial charge is 0.339 e. The summed E-state index contributed by atoms with van der Waals surface area (Å²) in [6.07, 6.45) is 0. The summed E-state index contributed by atoms with van der Waals surface area (Å²) in [5.74, 6) is -0.904. The summed E-state index contributed by atoms with van der Waals surface area (Å²) in [6.45, 7) is 3.82. The molecule has 5 heteroatoms. The van der Waals surface area contributed by atoms with Crippen molar-refractivity contribution < 1.29 is 15.0 Å². The lowest BCUT2D eigenvalue weighted by Gasteiger charge is -2.22. The zero-order chi connectivity index (χ0) is 13.0. The highest BCUT2D eigenvalue weighted by atomic mass is 35.5. The van der Waals surface area contributed by atoms with Crippen LogP contribution in [0.1, 0.15) is 24.2 Å². The molecule has 0 saturated heterocycles. The molecule has 0 saturated carbocycles. The average Bonchev–Trinajstić information content (AvgIpc) is 2.24. The minimum Gasteiger partial charge on any atom is -0.478 e. The fourth-order valence-corrected chi connectivity index (χ4v) is 1.74. The predicted molar refractivity (Wildman–Crippen MR) is 67.7 cm³/mol. The summed E-state index contributed by atoms with van der Waals surface area (Å²) in [6, 6.07) is 4.64. The first-order valence-corrected chi connectivity index (χ1v) is 5.74. The third kappa shape index (κ3) is 3.35. The van der Waals surface area contributed by atoms with Gasteiger partial charge in [0.2, 0.25) is 0 Å². The molecule has 1 aromatic rings. The van der Waals surface area contributed by atoms with Crippen molar-refractivity contribution in [2.75, 3.05) is 11.9 Å². The first kappa shape index (κ1) is 13.8. The van der Waals surface area contributed by atoms with Crippen LogP contribution in [0.2, 0.25) is 5.02 Å². The number of hydrogen-bond donors (Lipinski definition) is 3. The largest absolute Gasteiger partial charge is 0.478 e. The van der Waals surface area contributed by atoms with Gasteiger partial charge in [0.05, 0.1) is 23.4 Å². The second-order valence-electron chi connectivity index (χ2n) is 4.14. The van der Waals surface area contributed by atoms with E-state index in [1.165, 1.54) is 6.07 Å². The third-order valence-corrected chi connectivity index (χ3v) is 2.88. The molecule has 1 rings (SSSR count). The maximum absolute atomic E-state index is 11.1. The number of hydrogen-bond acceptors (Lipinski definition) is 3. The van der Waals surface area contributed by atoms with E-state index in [4.69, 9.17) is 16.7 Å². The summed E-state index contributed by atoms with van der Waals surface area (Å²) in [7, 11) is 0. The van der Waals surface area contributed by atoms with Gasteiger partial charge in [-0.15, -0.1) is 0 Å². The van der Waals surface area contributed by atoms with Crippen LogP contribution in [-0.4, -0.2) is 28.8 Å². The normalized spacial score (nSPS) is 12.5. The quantitative estimate of drug-likeness (QED) is 0.758. The lowest BCUT2D eigenvalue weighted by molar-refractivity contribution is 0.0698. The van der Waals surface area contributed by atoms with E-state index in [1.54, 1.807) is 12.1 Å². The number of halogens is 1. The molecule has 0 amide bonds. The highest BCUT2D eigenvalue weighted by Crippen LogP contribution is 2.25. The molecule has 0 heterocycles. The second kappa shape index (κ2) is 5.89. The molecular formula is C12H16ClNO3. The maximum Gasteiger partial charge on any atom is 0.339 e. The Morgan fingerprint density at radius 3 is 2.59 bits per heavy atom. The zero-order valence-electron chi connectivity index (χ0n) is 9.77. The fraction of sp³-hybridized carbons (Fsp3) is 0.417. The van der Waals surface area contributed by atoms with Gasteiger partial charge in [0, 0.05) is 0 Å². The molecule has 0 fully saturated rings. The van der Waals surface area contributed by atoms with Gasteiger partial charge >= 0.3 is 5.97 Å². The Kier molecular flexibility index (Phi) is 4.78. The Balaban J connectivity index is 3.05. The number of nitrogens with one attached hydrogen (secondary N) is 1. The van der Waals surface area contributed by atoms with Crippen LogP contribution in [0.15, 0.2) is 18.2 Å². The van der Waals surface area contributed by atoms with Crippen molar-refractivity contribution in [2.45, 2.75) is 19.9 Å². The molecule has 0 radical (unpaired) electrons. The van der Waals surface area contributed by atoms with Gasteiger partial charge in [-0.1, -0.05) is 31.5 Å². The maximum atomic E-state index is 11.1. The van der Waals surface area contributed by atoms with E-state index in [0.29, 0.717) is 5.69 Å². The van der Waals surface area contributed by atoms with Crippen LogP contribution in [0.25, 0.3) is 0 Å². The van der Waals surface area contributed by atoms with Crippen molar-refractivity contribution in [1.82, 2.24) is 0 Å². The average molecular weight is 258 g/mol. The molecule has 4 nitrogen and oxygen atoms in total. The molecule has 0 aliphatic heterocycles. The minimum absolute atomic E-state index is 0.0354. The van der Waals surface area contributed by atoms with Crippen molar-refractivity contribution in [2.24, 2.45) is 5.92 Å². The van der Waals surface area contributed by atoms with Gasteiger partial charge in [-0.2, -0.15) is 0 Å². The number of aromatic carboxylic acids is 1. The van der Waals surface area contributed by atoms with E-state index in [-0.39, 0.29) is 29.2 Å². The summed E-state index contributed by atoms with van der Waals surface area (Å²) in [5, 5.41) is 21.5. The third-order valence-electron chi connectivity index (χ3n) is 2.57. The molecule has 94 valence electrons. The summed E-state index contributed by atoms with van der Waals surface area (Å²) >= 11 is 5.85. The Hall–Kier alpha value is -1.26. The number of carboxylic acids is 1. The number of carbonyl (C=O) groups is 1. The van der Waals surface area contributed by atoms with Gasteiger partial charge in [0.15, 0.2) is 0 Å². The van der Waals surface area contributed by atoms with E-state index in [0.717, 1.165) is 0 Å². The minimum atomic E-state index is -1.08. The van der Waals surface area contributed by atoms with Gasteiger partial charge in [-0.05, 0) is 18.1 Å². The summed E-state index contributed by atoms with van der Waals surface area (Å²) in [4.78, 5) is 11.1. The first-order chi connectivity index (χ1) is 7.97. The molecule has 1 aromatic carbocycles. The van der Waals surface area contributed by atoms with Crippen LogP contribution >= 0.6 is 11.6 Å². The SMILES string of the molecule is CC(C)[C@@H](CO)Nc1cccc(Cl)c1C(=O)O. The van der Waals surface area contributed by atoms with Gasteiger partial charge in [0.1, 0.15) is 5.56 Å². The number of rotatable bonds is 5. The van der Waals surface area contributed by atoms with Gasteiger partial charge in [-0.25, -0.2) is 4.79 Å². The standard InChI is InChI=1S/C12H16ClNO3/c1-7(2)10(6-15)14-9-5-3-4-8(13)11(9)12(16)17/h3-5,7,10,14-15H,6H2,1-2H3,(H,16,17)/t10-/m1/s1. The Labute approximate surface area is 105 Å². The van der Waals surface area contributed by atoms with Crippen LogP contribution < -0.4 is 5.32 Å². The van der Waals surface area contributed by atoms with E-state index in [9.17, 15) is 9.90 Å². The molecule has 0 spiro atoms. The van der Waals surface area contributed by atoms with E-state index >= 15 is 0 Å². The van der Waals surface area contributed by atoms with E-state index < -0.39 is 5.97 Å². The van der Waals surface area contributed by atoms with Crippen LogP contribution in [0.5, 0.6) is 0 Å². The van der Waals surface area contributed by atoms with Crippen molar-refractivity contribution in [3.05, 3.63) is 28.8 Å². The lowest BCUT2D eigenvalue weighted by Crippen LogP contribution is -2.30. The topological polar surface area (TPSA) is 69.6 Å². The molecule has 0 unspecified atom stereocenters. The number of benzene rings is 1. The number of carboxylic acid groups (broad SMARTS) is 1. The summed E-state index contributed by atoms with van der Waals surface area (Å²) in [5.41, 5.74) is 0.464. The Morgan fingerprint density at radius 2 is 2.12 bits per heavy atom. The van der Waals surface area contributed by atoms with Gasteiger partial charge in [0.25, 0.3) is 0 Å². The van der Waals surface area contributed by atoms with Gasteiger partial charge < -0.3 is 15.5 Å². The number of aliphatic hydroxyl groups excluding tert-OH is 1. The fourth-order valence-electron chi connectivity index (χ4n) is 1.48. The molecule has 1 atom stereocenters. The van der Waals surface area contributed by atoms with Crippen molar-refractivity contribution in [3.8, 4) is 0 Å².